The fourth-order valence-corrected chi connectivity index (χ4v) is 1.37. The molecule has 0 aromatic carbocycles. The summed E-state index contributed by atoms with van der Waals surface area (Å²) in [7, 11) is 0. The van der Waals surface area contributed by atoms with Crippen LogP contribution < -0.4 is 0 Å². The molecule has 0 rings (SSSR count). The van der Waals surface area contributed by atoms with Crippen molar-refractivity contribution in [2.45, 2.75) is 64.1 Å². The van der Waals surface area contributed by atoms with Crippen LogP contribution in [-0.2, 0) is 9.53 Å². The zero-order valence-corrected chi connectivity index (χ0v) is 12.6. The molecule has 0 aliphatic rings. The molecule has 0 spiro atoms. The topological polar surface area (TPSA) is 46.5 Å². The summed E-state index contributed by atoms with van der Waals surface area (Å²) in [6.07, 6.45) is -16.6. The molecule has 0 radical (unpaired) electrons. The van der Waals surface area contributed by atoms with Crippen LogP contribution in [0.3, 0.4) is 0 Å². The van der Waals surface area contributed by atoms with E-state index in [1.54, 1.807) is 0 Å². The SMILES string of the molecule is CCC(C)(C)C(=O)OC(C)C(F)(F)C(O)(C(F)(F)F)C(F)(F)F. The number of carbonyl (C=O) groups excluding carboxylic acids is 1. The molecule has 0 aromatic rings. The third-order valence-electron chi connectivity index (χ3n) is 3.53. The van der Waals surface area contributed by atoms with E-state index in [1.807, 2.05) is 0 Å². The van der Waals surface area contributed by atoms with Crippen molar-refractivity contribution in [2.24, 2.45) is 5.41 Å². The molecular formula is C12H16F8O3. The standard InChI is InChI=1S/C12H16F8O3/c1-5-8(3,4)7(21)23-6(2)9(13,14)10(22,11(15,16)17)12(18,19)20/h6,22H,5H2,1-4H3. The first-order chi connectivity index (χ1) is 9.86. The van der Waals surface area contributed by atoms with Crippen LogP contribution >= 0.6 is 0 Å². The fraction of sp³-hybridized carbons (Fsp3) is 0.917. The van der Waals surface area contributed by atoms with E-state index in [0.29, 0.717) is 0 Å². The normalized spacial score (nSPS) is 16.2. The van der Waals surface area contributed by atoms with Crippen LogP contribution in [0.1, 0.15) is 34.1 Å². The second-order valence-electron chi connectivity index (χ2n) is 5.61. The number of esters is 1. The van der Waals surface area contributed by atoms with Crippen molar-refractivity contribution in [2.75, 3.05) is 0 Å². The Bertz CT molecular complexity index is 425. The molecule has 1 unspecified atom stereocenters. The van der Waals surface area contributed by atoms with Crippen LogP contribution in [0.15, 0.2) is 0 Å². The Morgan fingerprint density at radius 2 is 1.35 bits per heavy atom. The Kier molecular flexibility index (Phi) is 5.76. The average molecular weight is 360 g/mol. The van der Waals surface area contributed by atoms with Gasteiger partial charge in [0.15, 0.2) is 6.10 Å². The molecule has 0 fully saturated rings. The number of alkyl halides is 8. The fourth-order valence-electron chi connectivity index (χ4n) is 1.37. The lowest BCUT2D eigenvalue weighted by molar-refractivity contribution is -0.432. The van der Waals surface area contributed by atoms with Gasteiger partial charge >= 0.3 is 29.8 Å². The maximum absolute atomic E-state index is 13.7. The van der Waals surface area contributed by atoms with Gasteiger partial charge in [-0.1, -0.05) is 6.92 Å². The number of hydrogen-bond donors (Lipinski definition) is 1. The van der Waals surface area contributed by atoms with E-state index in [0.717, 1.165) is 0 Å². The molecule has 1 N–H and O–H groups in total. The van der Waals surface area contributed by atoms with Gasteiger partial charge in [-0.05, 0) is 27.2 Å². The Balaban J connectivity index is 5.80. The molecule has 0 aliphatic carbocycles. The summed E-state index contributed by atoms with van der Waals surface area (Å²) in [5.41, 5.74) is -7.76. The maximum Gasteiger partial charge on any atom is 0.432 e. The minimum atomic E-state index is -6.74. The Morgan fingerprint density at radius 3 is 1.61 bits per heavy atom. The average Bonchev–Trinajstić information content (AvgIpc) is 2.34. The van der Waals surface area contributed by atoms with Gasteiger partial charge in [-0.3, -0.25) is 4.79 Å². The molecule has 138 valence electrons. The van der Waals surface area contributed by atoms with Crippen molar-refractivity contribution in [3.63, 3.8) is 0 Å². The Hall–Kier alpha value is -1.13. The monoisotopic (exact) mass is 360 g/mol. The summed E-state index contributed by atoms with van der Waals surface area (Å²) in [4.78, 5) is 11.6. The largest absolute Gasteiger partial charge is 0.456 e. The number of halogens is 8. The van der Waals surface area contributed by atoms with Gasteiger partial charge in [0.1, 0.15) is 0 Å². The minimum absolute atomic E-state index is 0.0347. The molecule has 1 atom stereocenters. The van der Waals surface area contributed by atoms with Crippen molar-refractivity contribution in [3.05, 3.63) is 0 Å². The number of hydrogen-bond acceptors (Lipinski definition) is 3. The van der Waals surface area contributed by atoms with Crippen molar-refractivity contribution in [1.29, 1.82) is 0 Å². The van der Waals surface area contributed by atoms with E-state index < -0.39 is 41.4 Å². The van der Waals surface area contributed by atoms with Gasteiger partial charge in [0.25, 0.3) is 0 Å². The van der Waals surface area contributed by atoms with Gasteiger partial charge in [-0.25, -0.2) is 0 Å². The summed E-state index contributed by atoms with van der Waals surface area (Å²) in [5, 5.41) is 8.76. The van der Waals surface area contributed by atoms with Crippen LogP contribution in [0.5, 0.6) is 0 Å². The lowest BCUT2D eigenvalue weighted by Crippen LogP contribution is -2.71. The molecule has 0 aliphatic heterocycles. The predicted molar refractivity (Wildman–Crippen MR) is 61.6 cm³/mol. The van der Waals surface area contributed by atoms with E-state index in [9.17, 15) is 39.9 Å². The highest BCUT2D eigenvalue weighted by Crippen LogP contribution is 2.53. The van der Waals surface area contributed by atoms with Gasteiger partial charge in [-0.2, -0.15) is 35.1 Å². The van der Waals surface area contributed by atoms with Crippen molar-refractivity contribution in [3.8, 4) is 0 Å². The quantitative estimate of drug-likeness (QED) is 0.599. The lowest BCUT2D eigenvalue weighted by Gasteiger charge is -2.40. The summed E-state index contributed by atoms with van der Waals surface area (Å²) >= 11 is 0. The van der Waals surface area contributed by atoms with Crippen molar-refractivity contribution in [1.82, 2.24) is 0 Å². The van der Waals surface area contributed by atoms with Crippen LogP contribution in [0, 0.1) is 5.41 Å². The van der Waals surface area contributed by atoms with E-state index in [1.165, 1.54) is 20.8 Å². The molecule has 0 heterocycles. The molecule has 0 amide bonds. The first-order valence-corrected chi connectivity index (χ1v) is 6.31. The molecule has 0 saturated heterocycles. The van der Waals surface area contributed by atoms with E-state index in [4.69, 9.17) is 5.11 Å². The van der Waals surface area contributed by atoms with Crippen LogP contribution in [0.2, 0.25) is 0 Å². The van der Waals surface area contributed by atoms with Gasteiger partial charge in [0.2, 0.25) is 0 Å². The second kappa shape index (κ2) is 6.06. The number of aliphatic hydroxyl groups is 1. The molecule has 3 nitrogen and oxygen atoms in total. The molecule has 23 heavy (non-hydrogen) atoms. The van der Waals surface area contributed by atoms with Crippen LogP contribution in [0.4, 0.5) is 35.1 Å². The third-order valence-corrected chi connectivity index (χ3v) is 3.53. The van der Waals surface area contributed by atoms with Gasteiger partial charge in [-0.15, -0.1) is 0 Å². The summed E-state index contributed by atoms with van der Waals surface area (Å²) in [6.45, 7) is 4.00. The van der Waals surface area contributed by atoms with Gasteiger partial charge < -0.3 is 9.84 Å². The van der Waals surface area contributed by atoms with Gasteiger partial charge in [0.05, 0.1) is 5.41 Å². The summed E-state index contributed by atoms with van der Waals surface area (Å²) < 4.78 is 107. The van der Waals surface area contributed by atoms with Crippen LogP contribution in [0.25, 0.3) is 0 Å². The number of ether oxygens (including phenoxy) is 1. The number of carbonyl (C=O) groups is 1. The first-order valence-electron chi connectivity index (χ1n) is 6.31. The molecular weight excluding hydrogens is 344 g/mol. The second-order valence-corrected chi connectivity index (χ2v) is 5.61. The highest BCUT2D eigenvalue weighted by Gasteiger charge is 2.84. The maximum atomic E-state index is 13.7. The van der Waals surface area contributed by atoms with Crippen molar-refractivity contribution >= 4 is 5.97 Å². The molecule has 0 bridgehead atoms. The molecule has 0 saturated carbocycles. The van der Waals surface area contributed by atoms with E-state index in [-0.39, 0.29) is 13.3 Å². The highest BCUT2D eigenvalue weighted by atomic mass is 19.4. The van der Waals surface area contributed by atoms with Crippen molar-refractivity contribution < 1.29 is 49.8 Å². The molecule has 0 aromatic heterocycles. The molecule has 11 heteroatoms. The van der Waals surface area contributed by atoms with E-state index in [2.05, 4.69) is 4.74 Å². The predicted octanol–water partition coefficient (Wildman–Crippen LogP) is 3.85. The van der Waals surface area contributed by atoms with Gasteiger partial charge in [0, 0.05) is 0 Å². The highest BCUT2D eigenvalue weighted by molar-refractivity contribution is 5.76. The minimum Gasteiger partial charge on any atom is -0.456 e. The summed E-state index contributed by atoms with van der Waals surface area (Å²) in [6, 6.07) is 0. The number of rotatable bonds is 5. The summed E-state index contributed by atoms with van der Waals surface area (Å²) in [5.74, 6) is -7.28. The zero-order valence-electron chi connectivity index (χ0n) is 12.6. The van der Waals surface area contributed by atoms with E-state index >= 15 is 0 Å². The smallest absolute Gasteiger partial charge is 0.432 e. The third kappa shape index (κ3) is 3.69. The lowest BCUT2D eigenvalue weighted by atomic mass is 9.88. The van der Waals surface area contributed by atoms with Crippen LogP contribution in [-0.4, -0.2) is 41.1 Å². The Morgan fingerprint density at radius 1 is 1.00 bits per heavy atom. The Labute approximate surface area is 126 Å². The zero-order chi connectivity index (χ0) is 19.1. The first kappa shape index (κ1) is 21.9.